The van der Waals surface area contributed by atoms with Crippen LogP contribution >= 0.6 is 0 Å². The van der Waals surface area contributed by atoms with Gasteiger partial charge in [0.15, 0.2) is 5.69 Å². The summed E-state index contributed by atoms with van der Waals surface area (Å²) in [5.74, 6) is 0.289. The van der Waals surface area contributed by atoms with Crippen molar-refractivity contribution in [1.29, 1.82) is 0 Å². The van der Waals surface area contributed by atoms with Crippen molar-refractivity contribution < 1.29 is 9.36 Å². The molecular formula is C26H35N4O+. The minimum Gasteiger partial charge on any atom is -0.317 e. The molecule has 0 atom stereocenters. The molecule has 1 aliphatic carbocycles. The van der Waals surface area contributed by atoms with Gasteiger partial charge in [0.25, 0.3) is 5.69 Å². The highest BCUT2D eigenvalue weighted by molar-refractivity contribution is 6.03. The topological polar surface area (TPSA) is 50.8 Å². The SMILES string of the molecule is CCCc1cc2nn(C3CCCCC3)cc2cc1NC(=O)c1cccc(C(C)C)[n+]1C. The van der Waals surface area contributed by atoms with Crippen molar-refractivity contribution in [3.63, 3.8) is 0 Å². The number of hydrogen-bond donors (Lipinski definition) is 1. The van der Waals surface area contributed by atoms with Gasteiger partial charge in [0.1, 0.15) is 7.05 Å². The number of carbonyl (C=O) groups excluding carboxylic acids is 1. The van der Waals surface area contributed by atoms with Gasteiger partial charge >= 0.3 is 5.91 Å². The lowest BCUT2D eigenvalue weighted by molar-refractivity contribution is -0.682. The van der Waals surface area contributed by atoms with Gasteiger partial charge in [-0.05, 0) is 43.0 Å². The summed E-state index contributed by atoms with van der Waals surface area (Å²) in [5.41, 5.74) is 4.90. The summed E-state index contributed by atoms with van der Waals surface area (Å²) in [7, 11) is 1.97. The van der Waals surface area contributed by atoms with Gasteiger partial charge < -0.3 is 5.32 Å². The third-order valence-electron chi connectivity index (χ3n) is 6.56. The lowest BCUT2D eigenvalue weighted by atomic mass is 9.96. The summed E-state index contributed by atoms with van der Waals surface area (Å²) < 4.78 is 4.16. The zero-order valence-electron chi connectivity index (χ0n) is 19.3. The molecule has 3 aromatic rings. The number of nitrogens with zero attached hydrogens (tertiary/aromatic N) is 3. The molecule has 0 aliphatic heterocycles. The van der Waals surface area contributed by atoms with E-state index in [1.165, 1.54) is 32.1 Å². The molecule has 5 nitrogen and oxygen atoms in total. The Morgan fingerprint density at radius 3 is 2.71 bits per heavy atom. The monoisotopic (exact) mass is 419 g/mol. The minimum absolute atomic E-state index is 0.0682. The molecule has 2 aromatic heterocycles. The standard InChI is InChI=1S/C26H34N4O/c1-5-10-19-15-23-20(17-30(28-23)21-11-7-6-8-12-21)16-22(19)27-26(31)25-14-9-13-24(18(2)3)29(25)4/h9,13-18,21H,5-8,10-12H2,1-4H3/p+1. The van der Waals surface area contributed by atoms with Crippen LogP contribution in [-0.2, 0) is 13.5 Å². The number of benzene rings is 1. The number of fused-ring (bicyclic) bond motifs is 1. The number of anilines is 1. The van der Waals surface area contributed by atoms with Gasteiger partial charge in [-0.25, -0.2) is 0 Å². The molecule has 1 aliphatic rings. The third kappa shape index (κ3) is 4.51. The first-order chi connectivity index (χ1) is 15.0. The molecule has 164 valence electrons. The summed E-state index contributed by atoms with van der Waals surface area (Å²) in [6.07, 6.45) is 10.4. The number of aryl methyl sites for hydroxylation is 1. The highest BCUT2D eigenvalue weighted by Crippen LogP contribution is 2.31. The van der Waals surface area contributed by atoms with Crippen molar-refractivity contribution in [1.82, 2.24) is 9.78 Å². The van der Waals surface area contributed by atoms with Crippen molar-refractivity contribution in [3.8, 4) is 0 Å². The Morgan fingerprint density at radius 1 is 1.23 bits per heavy atom. The van der Waals surface area contributed by atoms with Crippen molar-refractivity contribution in [2.24, 2.45) is 7.05 Å². The fraction of sp³-hybridized carbons (Fsp3) is 0.500. The summed E-state index contributed by atoms with van der Waals surface area (Å²) in [4.78, 5) is 13.2. The van der Waals surface area contributed by atoms with E-state index in [0.29, 0.717) is 17.7 Å². The van der Waals surface area contributed by atoms with Crippen LogP contribution in [0.2, 0.25) is 0 Å². The zero-order chi connectivity index (χ0) is 22.0. The second-order valence-corrected chi connectivity index (χ2v) is 9.22. The second-order valence-electron chi connectivity index (χ2n) is 9.22. The zero-order valence-corrected chi connectivity index (χ0v) is 19.3. The molecule has 1 saturated carbocycles. The van der Waals surface area contributed by atoms with Crippen LogP contribution in [0.15, 0.2) is 36.5 Å². The van der Waals surface area contributed by atoms with Crippen LogP contribution < -0.4 is 9.88 Å². The molecule has 0 spiro atoms. The molecule has 1 amide bonds. The Bertz CT molecular complexity index is 1080. The fourth-order valence-corrected chi connectivity index (χ4v) is 4.85. The maximum atomic E-state index is 13.2. The number of amides is 1. The van der Waals surface area contributed by atoms with Crippen molar-refractivity contribution in [2.45, 2.75) is 77.7 Å². The first-order valence-electron chi connectivity index (χ1n) is 11.8. The average molecular weight is 420 g/mol. The summed E-state index contributed by atoms with van der Waals surface area (Å²) in [5, 5.41) is 9.20. The number of rotatable bonds is 6. The predicted molar refractivity (Wildman–Crippen MR) is 126 cm³/mol. The fourth-order valence-electron chi connectivity index (χ4n) is 4.85. The smallest absolute Gasteiger partial charge is 0.317 e. The molecule has 0 radical (unpaired) electrons. The number of nitrogens with one attached hydrogen (secondary N) is 1. The van der Waals surface area contributed by atoms with Crippen molar-refractivity contribution >= 4 is 22.5 Å². The molecule has 4 rings (SSSR count). The Labute approximate surface area is 185 Å². The summed E-state index contributed by atoms with van der Waals surface area (Å²) >= 11 is 0. The highest BCUT2D eigenvalue weighted by Gasteiger charge is 2.23. The first-order valence-corrected chi connectivity index (χ1v) is 11.8. The second kappa shape index (κ2) is 9.21. The van der Waals surface area contributed by atoms with E-state index in [9.17, 15) is 4.79 Å². The first kappa shape index (κ1) is 21.5. The van der Waals surface area contributed by atoms with Crippen molar-refractivity contribution in [2.75, 3.05) is 5.32 Å². The average Bonchev–Trinajstić information content (AvgIpc) is 3.17. The number of hydrogen-bond acceptors (Lipinski definition) is 2. The van der Waals surface area contributed by atoms with Gasteiger partial charge in [-0.3, -0.25) is 9.48 Å². The minimum atomic E-state index is -0.0682. The maximum Gasteiger partial charge on any atom is 0.320 e. The van der Waals surface area contributed by atoms with Gasteiger partial charge in [0, 0.05) is 35.3 Å². The molecule has 0 saturated heterocycles. The highest BCUT2D eigenvalue weighted by atomic mass is 16.1. The lowest BCUT2D eigenvalue weighted by Gasteiger charge is -2.21. The Hall–Kier alpha value is -2.69. The van der Waals surface area contributed by atoms with E-state index >= 15 is 0 Å². The summed E-state index contributed by atoms with van der Waals surface area (Å²) in [6, 6.07) is 10.7. The van der Waals surface area contributed by atoms with E-state index in [0.717, 1.165) is 40.7 Å². The van der Waals surface area contributed by atoms with Gasteiger partial charge in [0.05, 0.1) is 11.6 Å². The molecule has 0 unspecified atom stereocenters. The molecule has 0 bridgehead atoms. The van der Waals surface area contributed by atoms with Crippen LogP contribution in [0.5, 0.6) is 0 Å². The summed E-state index contributed by atoms with van der Waals surface area (Å²) in [6.45, 7) is 6.46. The van der Waals surface area contributed by atoms with Crippen LogP contribution in [0, 0.1) is 0 Å². The molecular weight excluding hydrogens is 384 g/mol. The van der Waals surface area contributed by atoms with Crippen LogP contribution in [0.1, 0.15) is 93.0 Å². The van der Waals surface area contributed by atoms with E-state index in [1.54, 1.807) is 0 Å². The quantitative estimate of drug-likeness (QED) is 0.522. The van der Waals surface area contributed by atoms with Gasteiger partial charge in [0.2, 0.25) is 0 Å². The van der Waals surface area contributed by atoms with E-state index in [2.05, 4.69) is 55.2 Å². The van der Waals surface area contributed by atoms with Crippen LogP contribution in [0.25, 0.3) is 10.9 Å². The van der Waals surface area contributed by atoms with E-state index < -0.39 is 0 Å². The number of carbonyl (C=O) groups is 1. The molecule has 1 fully saturated rings. The van der Waals surface area contributed by atoms with Gasteiger partial charge in [-0.15, -0.1) is 0 Å². The Balaban J connectivity index is 1.66. The molecule has 31 heavy (non-hydrogen) atoms. The van der Waals surface area contributed by atoms with Gasteiger partial charge in [-0.1, -0.05) is 46.5 Å². The molecule has 2 heterocycles. The molecule has 1 aromatic carbocycles. The number of pyridine rings is 1. The predicted octanol–water partition coefficient (Wildman–Crippen LogP) is 5.69. The Kier molecular flexibility index (Phi) is 6.40. The maximum absolute atomic E-state index is 13.2. The van der Waals surface area contributed by atoms with E-state index in [4.69, 9.17) is 5.10 Å². The number of aromatic nitrogens is 3. The third-order valence-corrected chi connectivity index (χ3v) is 6.56. The van der Waals surface area contributed by atoms with Crippen LogP contribution in [-0.4, -0.2) is 15.7 Å². The molecule has 5 heteroatoms. The van der Waals surface area contributed by atoms with E-state index in [1.807, 2.05) is 23.7 Å². The van der Waals surface area contributed by atoms with Crippen LogP contribution in [0.3, 0.4) is 0 Å². The van der Waals surface area contributed by atoms with Crippen molar-refractivity contribution in [3.05, 3.63) is 53.5 Å². The molecule has 1 N–H and O–H groups in total. The lowest BCUT2D eigenvalue weighted by Crippen LogP contribution is -2.42. The van der Waals surface area contributed by atoms with Crippen LogP contribution in [0.4, 0.5) is 5.69 Å². The van der Waals surface area contributed by atoms with E-state index in [-0.39, 0.29) is 5.91 Å². The Morgan fingerprint density at radius 2 is 2.00 bits per heavy atom. The largest absolute Gasteiger partial charge is 0.320 e. The van der Waals surface area contributed by atoms with Gasteiger partial charge in [-0.2, -0.15) is 9.67 Å². The normalized spacial score (nSPS) is 15.0.